The molecule has 0 saturated heterocycles. The Morgan fingerprint density at radius 3 is 2.39 bits per heavy atom. The summed E-state index contributed by atoms with van der Waals surface area (Å²) in [5.74, 6) is 1.47. The number of ether oxygens (including phenoxy) is 2. The Balaban J connectivity index is 2.47. The van der Waals surface area contributed by atoms with Crippen molar-refractivity contribution in [2.45, 2.75) is 32.3 Å². The van der Waals surface area contributed by atoms with Gasteiger partial charge in [-0.05, 0) is 43.2 Å². The lowest BCUT2D eigenvalue weighted by molar-refractivity contribution is 0.393. The maximum atomic E-state index is 14.3. The van der Waals surface area contributed by atoms with E-state index in [1.807, 2.05) is 37.3 Å². The van der Waals surface area contributed by atoms with E-state index in [0.29, 0.717) is 8.58 Å². The number of benzene rings is 2. The van der Waals surface area contributed by atoms with Gasteiger partial charge in [-0.3, -0.25) is 0 Å². The Labute approximate surface area is 139 Å². The molecule has 0 saturated carbocycles. The fraction of sp³-hybridized carbons (Fsp3) is 0.368. The van der Waals surface area contributed by atoms with Crippen molar-refractivity contribution >= 4 is 13.9 Å². The molecule has 4 heteroatoms. The summed E-state index contributed by atoms with van der Waals surface area (Å²) in [4.78, 5) is 0. The van der Waals surface area contributed by atoms with Gasteiger partial charge in [0, 0.05) is 16.0 Å². The third kappa shape index (κ3) is 3.84. The molecule has 2 aromatic rings. The highest BCUT2D eigenvalue weighted by atomic mass is 31.1. The molecular formula is C19H24FO2P. The number of aryl methyl sites for hydroxylation is 1. The van der Waals surface area contributed by atoms with Crippen LogP contribution in [0.5, 0.6) is 11.5 Å². The molecule has 2 unspecified atom stereocenters. The fourth-order valence-corrected chi connectivity index (χ4v) is 4.07. The highest BCUT2D eigenvalue weighted by Gasteiger charge is 2.30. The minimum Gasteiger partial charge on any atom is -0.497 e. The summed E-state index contributed by atoms with van der Waals surface area (Å²) in [6, 6.07) is 11.3. The van der Waals surface area contributed by atoms with Crippen LogP contribution in [0, 0.1) is 12.7 Å². The molecule has 0 radical (unpaired) electrons. The van der Waals surface area contributed by atoms with Crippen molar-refractivity contribution in [2.75, 3.05) is 14.2 Å². The van der Waals surface area contributed by atoms with Crippen LogP contribution < -0.4 is 14.8 Å². The topological polar surface area (TPSA) is 18.5 Å². The van der Waals surface area contributed by atoms with E-state index in [1.165, 1.54) is 0 Å². The van der Waals surface area contributed by atoms with Gasteiger partial charge in [0.2, 0.25) is 0 Å². The molecule has 2 aromatic carbocycles. The highest BCUT2D eigenvalue weighted by Crippen LogP contribution is 2.48. The second-order valence-electron chi connectivity index (χ2n) is 5.86. The molecule has 0 aromatic heterocycles. The van der Waals surface area contributed by atoms with Crippen molar-refractivity contribution < 1.29 is 13.9 Å². The van der Waals surface area contributed by atoms with E-state index in [4.69, 9.17) is 9.47 Å². The maximum Gasteiger partial charge on any atom is 0.130 e. The molecular weight excluding hydrogens is 310 g/mol. The third-order valence-electron chi connectivity index (χ3n) is 4.24. The smallest absolute Gasteiger partial charge is 0.130 e. The van der Waals surface area contributed by atoms with Gasteiger partial charge < -0.3 is 9.47 Å². The quantitative estimate of drug-likeness (QED) is 0.708. The standard InChI is InChI=1S/C19H24FO2P/c1-6-19(3,23-18-10-7-13(2)11-16(18)20)15-12-14(21-4)8-9-17(15)22-5/h7-12,23H,6H2,1-5H3. The Bertz CT molecular complexity index is 687. The van der Waals surface area contributed by atoms with E-state index in [9.17, 15) is 4.39 Å². The van der Waals surface area contributed by atoms with E-state index in [1.54, 1.807) is 20.3 Å². The van der Waals surface area contributed by atoms with Gasteiger partial charge in [-0.25, -0.2) is 4.39 Å². The number of rotatable bonds is 6. The predicted octanol–water partition coefficient (Wildman–Crippen LogP) is 4.78. The molecule has 0 N–H and O–H groups in total. The molecule has 0 spiro atoms. The van der Waals surface area contributed by atoms with Gasteiger partial charge in [0.05, 0.1) is 14.2 Å². The van der Waals surface area contributed by atoms with Crippen LogP contribution in [-0.4, -0.2) is 14.2 Å². The number of hydrogen-bond acceptors (Lipinski definition) is 2. The molecule has 0 aliphatic heterocycles. The van der Waals surface area contributed by atoms with E-state index < -0.39 is 0 Å². The second kappa shape index (κ2) is 7.31. The Hall–Kier alpha value is -1.60. The van der Waals surface area contributed by atoms with Crippen LogP contribution in [0.15, 0.2) is 36.4 Å². The monoisotopic (exact) mass is 334 g/mol. The molecule has 124 valence electrons. The van der Waals surface area contributed by atoms with Crippen molar-refractivity contribution in [2.24, 2.45) is 0 Å². The molecule has 0 aliphatic rings. The first kappa shape index (κ1) is 17.7. The zero-order valence-corrected chi connectivity index (χ0v) is 15.4. The van der Waals surface area contributed by atoms with E-state index in [0.717, 1.165) is 34.4 Å². The summed E-state index contributed by atoms with van der Waals surface area (Å²) < 4.78 is 25.2. The average Bonchev–Trinajstić information content (AvgIpc) is 2.56. The zero-order chi connectivity index (χ0) is 17.0. The molecule has 2 rings (SSSR count). The second-order valence-corrected chi connectivity index (χ2v) is 7.75. The normalized spacial score (nSPS) is 14.0. The molecule has 0 amide bonds. The highest BCUT2D eigenvalue weighted by molar-refractivity contribution is 7.48. The average molecular weight is 334 g/mol. The summed E-state index contributed by atoms with van der Waals surface area (Å²) in [7, 11) is 3.62. The van der Waals surface area contributed by atoms with E-state index in [2.05, 4.69) is 13.8 Å². The van der Waals surface area contributed by atoms with Crippen LogP contribution in [0.3, 0.4) is 0 Å². The lowest BCUT2D eigenvalue weighted by Gasteiger charge is -2.31. The molecule has 0 fully saturated rings. The summed E-state index contributed by atoms with van der Waals surface area (Å²) in [5.41, 5.74) is 1.99. The van der Waals surface area contributed by atoms with Crippen molar-refractivity contribution in [1.29, 1.82) is 0 Å². The first-order valence-electron chi connectivity index (χ1n) is 7.70. The van der Waals surface area contributed by atoms with Crippen molar-refractivity contribution in [3.05, 3.63) is 53.3 Å². The SMILES string of the molecule is CCC(C)(Pc1ccc(C)cc1F)c1cc(OC)ccc1OC. The number of methoxy groups -OCH3 is 2. The maximum absolute atomic E-state index is 14.3. The zero-order valence-electron chi connectivity index (χ0n) is 14.4. The lowest BCUT2D eigenvalue weighted by atomic mass is 9.96. The van der Waals surface area contributed by atoms with Gasteiger partial charge in [0.15, 0.2) is 0 Å². The van der Waals surface area contributed by atoms with Crippen molar-refractivity contribution in [3.63, 3.8) is 0 Å². The largest absolute Gasteiger partial charge is 0.497 e. The Kier molecular flexibility index (Phi) is 5.64. The molecule has 0 heterocycles. The van der Waals surface area contributed by atoms with Crippen LogP contribution in [0.1, 0.15) is 31.4 Å². The van der Waals surface area contributed by atoms with Crippen LogP contribution >= 0.6 is 8.58 Å². The van der Waals surface area contributed by atoms with E-state index in [-0.39, 0.29) is 11.0 Å². The van der Waals surface area contributed by atoms with Gasteiger partial charge in [-0.1, -0.05) is 34.6 Å². The number of hydrogen-bond donors (Lipinski definition) is 0. The minimum atomic E-state index is -0.212. The van der Waals surface area contributed by atoms with Crippen molar-refractivity contribution in [3.8, 4) is 11.5 Å². The van der Waals surface area contributed by atoms with Gasteiger partial charge in [-0.2, -0.15) is 0 Å². The molecule has 0 aliphatic carbocycles. The lowest BCUT2D eigenvalue weighted by Crippen LogP contribution is -2.20. The summed E-state index contributed by atoms with van der Waals surface area (Å²) in [6.07, 6.45) is 0.877. The van der Waals surface area contributed by atoms with Crippen LogP contribution in [0.4, 0.5) is 4.39 Å². The third-order valence-corrected chi connectivity index (χ3v) is 6.09. The van der Waals surface area contributed by atoms with Crippen LogP contribution in [-0.2, 0) is 5.16 Å². The molecule has 23 heavy (non-hydrogen) atoms. The summed E-state index contributed by atoms with van der Waals surface area (Å²) in [5, 5.41) is 0.542. The number of halogens is 1. The van der Waals surface area contributed by atoms with Gasteiger partial charge in [0.25, 0.3) is 0 Å². The first-order chi connectivity index (χ1) is 10.9. The minimum absolute atomic E-state index is 0.134. The predicted molar refractivity (Wildman–Crippen MR) is 96.3 cm³/mol. The van der Waals surface area contributed by atoms with Crippen LogP contribution in [0.2, 0.25) is 0 Å². The van der Waals surface area contributed by atoms with Gasteiger partial charge >= 0.3 is 0 Å². The van der Waals surface area contributed by atoms with Crippen LogP contribution in [0.25, 0.3) is 0 Å². The van der Waals surface area contributed by atoms with Gasteiger partial charge in [-0.15, -0.1) is 0 Å². The molecule has 0 bridgehead atoms. The summed E-state index contributed by atoms with van der Waals surface area (Å²) in [6.45, 7) is 6.18. The summed E-state index contributed by atoms with van der Waals surface area (Å²) >= 11 is 0. The fourth-order valence-electron chi connectivity index (χ4n) is 2.61. The molecule has 2 nitrogen and oxygen atoms in total. The van der Waals surface area contributed by atoms with Gasteiger partial charge in [0.1, 0.15) is 17.3 Å². The van der Waals surface area contributed by atoms with Crippen molar-refractivity contribution in [1.82, 2.24) is 0 Å². The Morgan fingerprint density at radius 1 is 1.09 bits per heavy atom. The molecule has 2 atom stereocenters. The first-order valence-corrected chi connectivity index (χ1v) is 8.70. The Morgan fingerprint density at radius 2 is 1.83 bits per heavy atom. The van der Waals surface area contributed by atoms with E-state index >= 15 is 0 Å².